The molecule has 2 nitrogen and oxygen atoms in total. The lowest BCUT2D eigenvalue weighted by Crippen LogP contribution is -1.93. The van der Waals surface area contributed by atoms with Gasteiger partial charge in [0.25, 0.3) is 0 Å². The van der Waals surface area contributed by atoms with E-state index >= 15 is 0 Å². The summed E-state index contributed by atoms with van der Waals surface area (Å²) in [6.07, 6.45) is 1.45. The van der Waals surface area contributed by atoms with Gasteiger partial charge in [-0.25, -0.2) is 0 Å². The lowest BCUT2D eigenvalue weighted by Gasteiger charge is -1.88. The zero-order valence-corrected chi connectivity index (χ0v) is 5.65. The highest BCUT2D eigenvalue weighted by Crippen LogP contribution is 1.96. The number of rotatable bonds is 2. The Bertz CT molecular complexity index is 176. The first-order valence-corrected chi connectivity index (χ1v) is 2.85. The Labute approximate surface area is 59.2 Å². The highest BCUT2D eigenvalue weighted by molar-refractivity contribution is 6.19. The normalized spacial score (nSPS) is 10.4. The molecule has 0 unspecified atom stereocenters. The van der Waals surface area contributed by atoms with Crippen LogP contribution >= 0.6 is 11.6 Å². The van der Waals surface area contributed by atoms with E-state index in [1.807, 2.05) is 0 Å². The maximum atomic E-state index is 8.15. The van der Waals surface area contributed by atoms with Crippen LogP contribution in [0.2, 0.25) is 0 Å². The van der Waals surface area contributed by atoms with Crippen molar-refractivity contribution < 1.29 is 0 Å². The molecule has 0 aliphatic heterocycles. The van der Waals surface area contributed by atoms with E-state index in [1.54, 1.807) is 6.07 Å². The fourth-order valence-electron chi connectivity index (χ4n) is 0.291. The summed E-state index contributed by atoms with van der Waals surface area (Å²) in [6, 6.07) is 1.75. The number of allylic oxidation sites excluding steroid dienone is 3. The second-order valence-electron chi connectivity index (χ2n) is 1.50. The van der Waals surface area contributed by atoms with Crippen molar-refractivity contribution in [2.75, 3.05) is 5.88 Å². The zero-order valence-electron chi connectivity index (χ0n) is 4.89. The standard InChI is InChI=1S/C6H7ClN2/c1-5(3-7)2-6(9)4-8/h2H,1,3,9H2/b6-2-. The molecule has 9 heavy (non-hydrogen) atoms. The van der Waals surface area contributed by atoms with E-state index in [0.717, 1.165) is 0 Å². The first-order valence-electron chi connectivity index (χ1n) is 2.31. The molecule has 0 heterocycles. The molecule has 0 aromatic heterocycles. The molecular formula is C6H7ClN2. The number of hydrogen-bond acceptors (Lipinski definition) is 2. The van der Waals surface area contributed by atoms with Crippen LogP contribution in [0.3, 0.4) is 0 Å². The van der Waals surface area contributed by atoms with Gasteiger partial charge < -0.3 is 5.73 Å². The van der Waals surface area contributed by atoms with Crippen molar-refractivity contribution in [1.82, 2.24) is 0 Å². The van der Waals surface area contributed by atoms with Crippen molar-refractivity contribution in [2.45, 2.75) is 0 Å². The van der Waals surface area contributed by atoms with Crippen LogP contribution in [0, 0.1) is 11.3 Å². The minimum Gasteiger partial charge on any atom is -0.390 e. The van der Waals surface area contributed by atoms with Crippen molar-refractivity contribution in [1.29, 1.82) is 5.26 Å². The lowest BCUT2D eigenvalue weighted by molar-refractivity contribution is 1.36. The maximum absolute atomic E-state index is 8.15. The van der Waals surface area contributed by atoms with Gasteiger partial charge >= 0.3 is 0 Å². The molecule has 0 aromatic carbocycles. The average Bonchev–Trinajstić information content (AvgIpc) is 1.87. The fraction of sp³-hybridized carbons (Fsp3) is 0.167. The van der Waals surface area contributed by atoms with E-state index in [4.69, 9.17) is 22.6 Å². The van der Waals surface area contributed by atoms with E-state index < -0.39 is 0 Å². The van der Waals surface area contributed by atoms with Crippen LogP contribution in [-0.2, 0) is 0 Å². The zero-order chi connectivity index (χ0) is 7.28. The van der Waals surface area contributed by atoms with Crippen LogP contribution in [0.25, 0.3) is 0 Å². The quantitative estimate of drug-likeness (QED) is 0.357. The predicted octanol–water partition coefficient (Wildman–Crippen LogP) is 1.15. The number of nitrogens with zero attached hydrogens (tertiary/aromatic N) is 1. The highest BCUT2D eigenvalue weighted by Gasteiger charge is 1.86. The van der Waals surface area contributed by atoms with Crippen LogP contribution in [0.1, 0.15) is 0 Å². The highest BCUT2D eigenvalue weighted by atomic mass is 35.5. The number of alkyl halides is 1. The summed E-state index contributed by atoms with van der Waals surface area (Å²) in [7, 11) is 0. The van der Waals surface area contributed by atoms with Gasteiger partial charge in [0.1, 0.15) is 11.8 Å². The van der Waals surface area contributed by atoms with Crippen molar-refractivity contribution in [3.05, 3.63) is 23.9 Å². The molecule has 0 amide bonds. The van der Waals surface area contributed by atoms with E-state index in [1.165, 1.54) is 6.08 Å². The molecule has 0 aliphatic rings. The second-order valence-corrected chi connectivity index (χ2v) is 1.77. The average molecular weight is 143 g/mol. The molecule has 48 valence electrons. The van der Waals surface area contributed by atoms with Crippen LogP contribution in [0.4, 0.5) is 0 Å². The summed E-state index contributed by atoms with van der Waals surface area (Å²) in [4.78, 5) is 0. The summed E-state index contributed by atoms with van der Waals surface area (Å²) in [5, 5.41) is 8.15. The van der Waals surface area contributed by atoms with Crippen molar-refractivity contribution >= 4 is 11.6 Å². The second kappa shape index (κ2) is 3.99. The van der Waals surface area contributed by atoms with Crippen LogP contribution in [-0.4, -0.2) is 5.88 Å². The molecule has 0 atom stereocenters. The smallest absolute Gasteiger partial charge is 0.117 e. The third-order valence-electron chi connectivity index (χ3n) is 0.660. The number of halogens is 1. The molecule has 0 aliphatic carbocycles. The Morgan fingerprint density at radius 2 is 2.44 bits per heavy atom. The summed E-state index contributed by atoms with van der Waals surface area (Å²) < 4.78 is 0. The van der Waals surface area contributed by atoms with Crippen molar-refractivity contribution in [2.24, 2.45) is 5.73 Å². The van der Waals surface area contributed by atoms with Gasteiger partial charge in [-0.1, -0.05) is 6.58 Å². The van der Waals surface area contributed by atoms with Gasteiger partial charge in [-0.05, 0) is 11.6 Å². The molecular weight excluding hydrogens is 136 g/mol. The Balaban J connectivity index is 4.00. The van der Waals surface area contributed by atoms with Crippen LogP contribution in [0.15, 0.2) is 23.9 Å². The molecule has 0 saturated heterocycles. The Hall–Kier alpha value is -0.940. The number of nitrogens with two attached hydrogens (primary N) is 1. The van der Waals surface area contributed by atoms with Gasteiger partial charge in [0, 0.05) is 5.88 Å². The van der Waals surface area contributed by atoms with E-state index in [0.29, 0.717) is 11.5 Å². The minimum atomic E-state index is 0.139. The summed E-state index contributed by atoms with van der Waals surface area (Å²) >= 11 is 5.34. The molecule has 0 spiro atoms. The topological polar surface area (TPSA) is 49.8 Å². The first-order chi connectivity index (χ1) is 4.20. The van der Waals surface area contributed by atoms with Crippen LogP contribution < -0.4 is 5.73 Å². The minimum absolute atomic E-state index is 0.139. The summed E-state index contributed by atoms with van der Waals surface area (Å²) in [5.74, 6) is 0.308. The molecule has 0 saturated carbocycles. The Morgan fingerprint density at radius 3 is 2.78 bits per heavy atom. The summed E-state index contributed by atoms with van der Waals surface area (Å²) in [6.45, 7) is 3.52. The van der Waals surface area contributed by atoms with Crippen molar-refractivity contribution in [3.63, 3.8) is 0 Å². The molecule has 0 bridgehead atoms. The molecule has 3 heteroatoms. The maximum Gasteiger partial charge on any atom is 0.117 e. The number of nitriles is 1. The van der Waals surface area contributed by atoms with E-state index in [-0.39, 0.29) is 5.70 Å². The third kappa shape index (κ3) is 3.63. The molecule has 0 radical (unpaired) electrons. The molecule has 0 fully saturated rings. The lowest BCUT2D eigenvalue weighted by atomic mass is 10.3. The monoisotopic (exact) mass is 142 g/mol. The molecule has 0 aromatic rings. The third-order valence-corrected chi connectivity index (χ3v) is 1.00. The molecule has 2 N–H and O–H groups in total. The summed E-state index contributed by atoms with van der Waals surface area (Å²) in [5.41, 5.74) is 5.92. The first kappa shape index (κ1) is 8.06. The van der Waals surface area contributed by atoms with E-state index in [2.05, 4.69) is 6.58 Å². The van der Waals surface area contributed by atoms with Gasteiger partial charge in [-0.2, -0.15) is 5.26 Å². The Morgan fingerprint density at radius 1 is 1.89 bits per heavy atom. The largest absolute Gasteiger partial charge is 0.390 e. The van der Waals surface area contributed by atoms with Crippen LogP contribution in [0.5, 0.6) is 0 Å². The van der Waals surface area contributed by atoms with Gasteiger partial charge in [-0.15, -0.1) is 11.6 Å². The fourth-order valence-corrected chi connectivity index (χ4v) is 0.368. The van der Waals surface area contributed by atoms with Gasteiger partial charge in [0.15, 0.2) is 0 Å². The van der Waals surface area contributed by atoms with Gasteiger partial charge in [-0.3, -0.25) is 0 Å². The van der Waals surface area contributed by atoms with Crippen molar-refractivity contribution in [3.8, 4) is 6.07 Å². The predicted molar refractivity (Wildman–Crippen MR) is 37.7 cm³/mol. The Kier molecular flexibility index (Phi) is 3.57. The SMILES string of the molecule is C=C(/C=C(\N)C#N)CCl. The molecule has 0 rings (SSSR count). The number of hydrogen-bond donors (Lipinski definition) is 1. The van der Waals surface area contributed by atoms with Gasteiger partial charge in [0.2, 0.25) is 0 Å². The van der Waals surface area contributed by atoms with E-state index in [9.17, 15) is 0 Å². The van der Waals surface area contributed by atoms with Gasteiger partial charge in [0.05, 0.1) is 0 Å².